The number of hydrogen-bond acceptors (Lipinski definition) is 2. The number of nitrogens with two attached hydrogens (primary N) is 1. The van der Waals surface area contributed by atoms with E-state index in [2.05, 4.69) is 27.9 Å². The number of nitrogens with one attached hydrogen (secondary N) is 1. The Labute approximate surface area is 124 Å². The summed E-state index contributed by atoms with van der Waals surface area (Å²) in [7, 11) is 0. The SMILES string of the molecule is Cc1cccc(C(=O)Nc2cc(F)ccc2N)c1I. The Morgan fingerprint density at radius 3 is 2.79 bits per heavy atom. The van der Waals surface area contributed by atoms with E-state index in [9.17, 15) is 9.18 Å². The summed E-state index contributed by atoms with van der Waals surface area (Å²) in [6.07, 6.45) is 0. The molecule has 0 fully saturated rings. The number of benzene rings is 2. The lowest BCUT2D eigenvalue weighted by Crippen LogP contribution is -2.15. The summed E-state index contributed by atoms with van der Waals surface area (Å²) < 4.78 is 14.0. The average molecular weight is 370 g/mol. The normalized spacial score (nSPS) is 10.3. The van der Waals surface area contributed by atoms with Gasteiger partial charge < -0.3 is 11.1 Å². The molecule has 0 saturated carbocycles. The fourth-order valence-electron chi connectivity index (χ4n) is 1.65. The number of hydrogen-bond donors (Lipinski definition) is 2. The number of amides is 1. The first-order chi connectivity index (χ1) is 8.99. The van der Waals surface area contributed by atoms with E-state index >= 15 is 0 Å². The minimum absolute atomic E-state index is 0.280. The van der Waals surface area contributed by atoms with E-state index < -0.39 is 5.82 Å². The van der Waals surface area contributed by atoms with Crippen molar-refractivity contribution in [2.75, 3.05) is 11.1 Å². The Balaban J connectivity index is 2.31. The summed E-state index contributed by atoms with van der Waals surface area (Å²) in [5.74, 6) is -0.742. The lowest BCUT2D eigenvalue weighted by molar-refractivity contribution is 0.102. The van der Waals surface area contributed by atoms with Crippen molar-refractivity contribution >= 4 is 39.9 Å². The molecular weight excluding hydrogens is 358 g/mol. The molecule has 98 valence electrons. The van der Waals surface area contributed by atoms with E-state index in [1.807, 2.05) is 13.0 Å². The van der Waals surface area contributed by atoms with Crippen LogP contribution in [-0.4, -0.2) is 5.91 Å². The average Bonchev–Trinajstić information content (AvgIpc) is 2.37. The molecule has 0 aliphatic heterocycles. The molecule has 0 heterocycles. The number of rotatable bonds is 2. The zero-order valence-corrected chi connectivity index (χ0v) is 12.4. The molecule has 0 aliphatic rings. The number of nitrogen functional groups attached to an aromatic ring is 1. The second-order valence-electron chi connectivity index (χ2n) is 4.12. The van der Waals surface area contributed by atoms with Crippen molar-refractivity contribution in [3.63, 3.8) is 0 Å². The van der Waals surface area contributed by atoms with Gasteiger partial charge in [0.25, 0.3) is 5.91 Å². The Bertz CT molecular complexity index is 643. The third-order valence-corrected chi connectivity index (χ3v) is 4.13. The maximum Gasteiger partial charge on any atom is 0.256 e. The highest BCUT2D eigenvalue weighted by molar-refractivity contribution is 14.1. The molecule has 0 saturated heterocycles. The molecule has 2 aromatic rings. The van der Waals surface area contributed by atoms with Crippen LogP contribution < -0.4 is 11.1 Å². The van der Waals surface area contributed by atoms with Gasteiger partial charge in [-0.25, -0.2) is 4.39 Å². The molecule has 2 aromatic carbocycles. The molecule has 3 N–H and O–H groups in total. The Kier molecular flexibility index (Phi) is 4.04. The van der Waals surface area contributed by atoms with E-state index in [4.69, 9.17) is 5.73 Å². The van der Waals surface area contributed by atoms with Crippen LogP contribution in [0.15, 0.2) is 36.4 Å². The summed E-state index contributed by atoms with van der Waals surface area (Å²) in [5.41, 5.74) is 7.87. The van der Waals surface area contributed by atoms with Crippen molar-refractivity contribution in [2.24, 2.45) is 0 Å². The van der Waals surface area contributed by atoms with Crippen LogP contribution in [0, 0.1) is 16.3 Å². The second kappa shape index (κ2) is 5.56. The highest BCUT2D eigenvalue weighted by Crippen LogP contribution is 2.22. The Morgan fingerprint density at radius 2 is 2.05 bits per heavy atom. The van der Waals surface area contributed by atoms with Crippen LogP contribution in [-0.2, 0) is 0 Å². The van der Waals surface area contributed by atoms with E-state index in [-0.39, 0.29) is 11.6 Å². The second-order valence-corrected chi connectivity index (χ2v) is 5.20. The van der Waals surface area contributed by atoms with Gasteiger partial charge in [0.2, 0.25) is 0 Å². The molecule has 0 aromatic heterocycles. The molecule has 1 amide bonds. The predicted octanol–water partition coefficient (Wildman–Crippen LogP) is 3.57. The van der Waals surface area contributed by atoms with Crippen LogP contribution in [0.25, 0.3) is 0 Å². The van der Waals surface area contributed by atoms with Gasteiger partial charge in [0, 0.05) is 3.57 Å². The lowest BCUT2D eigenvalue weighted by atomic mass is 10.1. The highest BCUT2D eigenvalue weighted by Gasteiger charge is 2.13. The smallest absolute Gasteiger partial charge is 0.256 e. The molecule has 0 radical (unpaired) electrons. The standard InChI is InChI=1S/C14H12FIN2O/c1-8-3-2-4-10(13(8)16)14(19)18-12-7-9(15)5-6-11(12)17/h2-7H,17H2,1H3,(H,18,19). The zero-order valence-electron chi connectivity index (χ0n) is 10.2. The van der Waals surface area contributed by atoms with Gasteiger partial charge in [0.15, 0.2) is 0 Å². The summed E-state index contributed by atoms with van der Waals surface area (Å²) in [5, 5.41) is 2.63. The topological polar surface area (TPSA) is 55.1 Å². The maximum atomic E-state index is 13.1. The minimum Gasteiger partial charge on any atom is -0.397 e. The van der Waals surface area contributed by atoms with Gasteiger partial charge >= 0.3 is 0 Å². The fraction of sp³-hybridized carbons (Fsp3) is 0.0714. The molecule has 3 nitrogen and oxygen atoms in total. The minimum atomic E-state index is -0.441. The summed E-state index contributed by atoms with van der Waals surface area (Å²) in [6, 6.07) is 9.33. The molecule has 19 heavy (non-hydrogen) atoms. The van der Waals surface area contributed by atoms with Crippen LogP contribution in [0.3, 0.4) is 0 Å². The summed E-state index contributed by atoms with van der Waals surface area (Å²) >= 11 is 2.11. The lowest BCUT2D eigenvalue weighted by Gasteiger charge is -2.10. The van der Waals surface area contributed by atoms with Crippen molar-refractivity contribution in [1.82, 2.24) is 0 Å². The zero-order chi connectivity index (χ0) is 14.0. The Morgan fingerprint density at radius 1 is 1.32 bits per heavy atom. The van der Waals surface area contributed by atoms with Crippen LogP contribution in [0.2, 0.25) is 0 Å². The predicted molar refractivity (Wildman–Crippen MR) is 82.7 cm³/mol. The molecule has 0 atom stereocenters. The Hall–Kier alpha value is -1.63. The van der Waals surface area contributed by atoms with E-state index in [1.54, 1.807) is 12.1 Å². The largest absolute Gasteiger partial charge is 0.397 e. The van der Waals surface area contributed by atoms with Crippen molar-refractivity contribution in [1.29, 1.82) is 0 Å². The third-order valence-electron chi connectivity index (χ3n) is 2.70. The molecule has 2 rings (SSSR count). The molecule has 0 bridgehead atoms. The van der Waals surface area contributed by atoms with Gasteiger partial charge in [-0.15, -0.1) is 0 Å². The number of carbonyl (C=O) groups excluding carboxylic acids is 1. The third kappa shape index (κ3) is 3.04. The van der Waals surface area contributed by atoms with Gasteiger partial charge in [-0.2, -0.15) is 0 Å². The van der Waals surface area contributed by atoms with E-state index in [0.29, 0.717) is 11.3 Å². The monoisotopic (exact) mass is 370 g/mol. The molecule has 0 aliphatic carbocycles. The first-order valence-corrected chi connectivity index (χ1v) is 6.68. The van der Waals surface area contributed by atoms with Gasteiger partial charge in [-0.3, -0.25) is 4.79 Å². The maximum absolute atomic E-state index is 13.1. The van der Waals surface area contributed by atoms with Gasteiger partial charge in [0.05, 0.1) is 16.9 Å². The summed E-state index contributed by atoms with van der Waals surface area (Å²) in [4.78, 5) is 12.2. The number of aryl methyl sites for hydroxylation is 1. The number of halogens is 2. The first kappa shape index (κ1) is 13.8. The molecule has 0 unspecified atom stereocenters. The molecule has 5 heteroatoms. The quantitative estimate of drug-likeness (QED) is 0.627. The van der Waals surface area contributed by atoms with Crippen LogP contribution in [0.1, 0.15) is 15.9 Å². The number of anilines is 2. The number of carbonyl (C=O) groups is 1. The molecule has 0 spiro atoms. The van der Waals surface area contributed by atoms with Gasteiger partial charge in [-0.05, 0) is 59.3 Å². The van der Waals surface area contributed by atoms with Crippen molar-refractivity contribution < 1.29 is 9.18 Å². The molecular formula is C14H12FIN2O. The van der Waals surface area contributed by atoms with Crippen LogP contribution in [0.4, 0.5) is 15.8 Å². The first-order valence-electron chi connectivity index (χ1n) is 5.60. The summed E-state index contributed by atoms with van der Waals surface area (Å²) in [6.45, 7) is 1.93. The van der Waals surface area contributed by atoms with Gasteiger partial charge in [-0.1, -0.05) is 12.1 Å². The van der Waals surface area contributed by atoms with Crippen molar-refractivity contribution in [3.05, 3.63) is 56.9 Å². The highest BCUT2D eigenvalue weighted by atomic mass is 127. The van der Waals surface area contributed by atoms with Crippen molar-refractivity contribution in [3.8, 4) is 0 Å². The van der Waals surface area contributed by atoms with Crippen LogP contribution in [0.5, 0.6) is 0 Å². The van der Waals surface area contributed by atoms with Gasteiger partial charge in [0.1, 0.15) is 5.82 Å². The fourth-order valence-corrected chi connectivity index (χ4v) is 2.25. The van der Waals surface area contributed by atoms with Crippen molar-refractivity contribution in [2.45, 2.75) is 6.92 Å². The van der Waals surface area contributed by atoms with E-state index in [1.165, 1.54) is 18.2 Å². The van der Waals surface area contributed by atoms with E-state index in [0.717, 1.165) is 9.13 Å². The van der Waals surface area contributed by atoms with Crippen LogP contribution >= 0.6 is 22.6 Å².